The van der Waals surface area contributed by atoms with Crippen molar-refractivity contribution in [3.63, 3.8) is 0 Å². The molecule has 2 aromatic carbocycles. The van der Waals surface area contributed by atoms with Crippen molar-refractivity contribution in [2.45, 2.75) is 56.8 Å². The summed E-state index contributed by atoms with van der Waals surface area (Å²) in [5, 5.41) is 22.3. The highest BCUT2D eigenvalue weighted by molar-refractivity contribution is 6.31. The number of aliphatic hydroxyl groups is 1. The lowest BCUT2D eigenvalue weighted by molar-refractivity contribution is -0.133. The molecule has 0 unspecified atom stereocenters. The van der Waals surface area contributed by atoms with Gasteiger partial charge in [0, 0.05) is 47.8 Å². The number of nitrogens with one attached hydrogen (secondary N) is 1. The SMILES string of the molecule is C.N#Cc1ccnc(N2C(=O)[C@H](O)C[C@H]2C(=O)N(c2cccc(F)c2)[C@H](C(=O)NC2CC(F)(F)C2)c2ccccc2Cl)n1. The summed E-state index contributed by atoms with van der Waals surface area (Å²) in [6.07, 6.45) is -2.13. The molecule has 0 radical (unpaired) electrons. The Bertz CT molecular complexity index is 1590. The topological polar surface area (TPSA) is 140 Å². The van der Waals surface area contributed by atoms with Gasteiger partial charge in [0.2, 0.25) is 11.9 Å². The summed E-state index contributed by atoms with van der Waals surface area (Å²) in [5.41, 5.74) is -0.132. The van der Waals surface area contributed by atoms with Crippen molar-refractivity contribution in [1.29, 1.82) is 5.26 Å². The monoisotopic (exact) mass is 614 g/mol. The largest absolute Gasteiger partial charge is 0.383 e. The number of anilines is 2. The fourth-order valence-corrected chi connectivity index (χ4v) is 5.27. The minimum absolute atomic E-state index is 0. The Morgan fingerprint density at radius 2 is 1.91 bits per heavy atom. The molecule has 5 rings (SSSR count). The molecule has 1 aliphatic heterocycles. The standard InChI is InChI=1S/C28H22ClF3N6O4.CH4/c29-20-7-2-1-6-19(20)23(24(40)35-17-12-28(31,32)13-17)37(18-5-3-4-15(30)10-18)25(41)21-11-22(39)26(42)38(21)27-34-9-8-16(14-33)36-27;/h1-10,17,21-23,39H,11-13H2,(H,35,40);1H4/t21-,22+,23-;/m0./s1. The van der Waals surface area contributed by atoms with Crippen LogP contribution in [-0.2, 0) is 14.4 Å². The van der Waals surface area contributed by atoms with E-state index in [0.29, 0.717) is 0 Å². The van der Waals surface area contributed by atoms with Gasteiger partial charge < -0.3 is 10.4 Å². The summed E-state index contributed by atoms with van der Waals surface area (Å²) in [5.74, 6) is -6.81. The molecular formula is C29H26ClF3N6O4. The first-order chi connectivity index (χ1) is 20.0. The van der Waals surface area contributed by atoms with E-state index < -0.39 is 73.0 Å². The number of carbonyl (C=O) groups is 3. The quantitative estimate of drug-likeness (QED) is 0.411. The normalized spacial score (nSPS) is 19.9. The Kier molecular flexibility index (Phi) is 9.03. The number of aliphatic hydroxyl groups excluding tert-OH is 1. The van der Waals surface area contributed by atoms with Crippen molar-refractivity contribution >= 4 is 41.0 Å². The molecule has 224 valence electrons. The molecule has 1 aliphatic carbocycles. The zero-order valence-electron chi connectivity index (χ0n) is 21.6. The first-order valence-electron chi connectivity index (χ1n) is 12.7. The minimum Gasteiger partial charge on any atom is -0.383 e. The Morgan fingerprint density at radius 1 is 1.19 bits per heavy atom. The fraction of sp³-hybridized carbons (Fsp3) is 0.310. The molecule has 1 saturated heterocycles. The van der Waals surface area contributed by atoms with Crippen LogP contribution < -0.4 is 15.1 Å². The van der Waals surface area contributed by atoms with Crippen molar-refractivity contribution in [3.05, 3.63) is 82.9 Å². The highest BCUT2D eigenvalue weighted by Crippen LogP contribution is 2.39. The number of carbonyl (C=O) groups excluding carboxylic acids is 3. The second-order valence-electron chi connectivity index (χ2n) is 9.91. The molecule has 3 amide bonds. The van der Waals surface area contributed by atoms with Crippen LogP contribution in [-0.4, -0.2) is 56.9 Å². The third-order valence-corrected chi connectivity index (χ3v) is 7.35. The number of rotatable bonds is 7. The summed E-state index contributed by atoms with van der Waals surface area (Å²) in [6.45, 7) is 0. The highest BCUT2D eigenvalue weighted by atomic mass is 35.5. The number of nitriles is 1. The van der Waals surface area contributed by atoms with Gasteiger partial charge in [-0.25, -0.2) is 23.1 Å². The molecule has 2 fully saturated rings. The molecule has 1 saturated carbocycles. The molecule has 1 aromatic heterocycles. The predicted octanol–water partition coefficient (Wildman–Crippen LogP) is 3.93. The summed E-state index contributed by atoms with van der Waals surface area (Å²) in [6, 6.07) is 9.85. The van der Waals surface area contributed by atoms with Crippen LogP contribution in [0.2, 0.25) is 5.02 Å². The lowest BCUT2D eigenvalue weighted by atomic mass is 9.87. The summed E-state index contributed by atoms with van der Waals surface area (Å²) >= 11 is 6.46. The number of nitrogens with zero attached hydrogens (tertiary/aromatic N) is 5. The van der Waals surface area contributed by atoms with E-state index in [-0.39, 0.29) is 35.3 Å². The van der Waals surface area contributed by atoms with Gasteiger partial charge in [0.25, 0.3) is 17.7 Å². The molecule has 3 aromatic rings. The summed E-state index contributed by atoms with van der Waals surface area (Å²) in [4.78, 5) is 50.9. The molecule has 2 N–H and O–H groups in total. The van der Waals surface area contributed by atoms with Gasteiger partial charge in [0.05, 0.1) is 0 Å². The molecule has 2 aliphatic rings. The summed E-state index contributed by atoms with van der Waals surface area (Å²) in [7, 11) is 0. The van der Waals surface area contributed by atoms with Gasteiger partial charge in [0.1, 0.15) is 35.8 Å². The fourth-order valence-electron chi connectivity index (χ4n) is 5.04. The average molecular weight is 615 g/mol. The van der Waals surface area contributed by atoms with E-state index in [1.165, 1.54) is 36.5 Å². The molecule has 0 bridgehead atoms. The van der Waals surface area contributed by atoms with Gasteiger partial charge in [-0.15, -0.1) is 0 Å². The van der Waals surface area contributed by atoms with Gasteiger partial charge in [-0.1, -0.05) is 43.3 Å². The molecule has 3 atom stereocenters. The predicted molar refractivity (Wildman–Crippen MR) is 150 cm³/mol. The number of amides is 3. The van der Waals surface area contributed by atoms with E-state index in [1.807, 2.05) is 0 Å². The molecule has 14 heteroatoms. The van der Waals surface area contributed by atoms with Crippen molar-refractivity contribution < 1.29 is 32.7 Å². The highest BCUT2D eigenvalue weighted by Gasteiger charge is 2.50. The molecular weight excluding hydrogens is 589 g/mol. The van der Waals surface area contributed by atoms with Crippen molar-refractivity contribution in [3.8, 4) is 6.07 Å². The second-order valence-corrected chi connectivity index (χ2v) is 10.3. The lowest BCUT2D eigenvalue weighted by Crippen LogP contribution is -2.56. The molecule has 2 heterocycles. The van der Waals surface area contributed by atoms with Crippen molar-refractivity contribution in [1.82, 2.24) is 15.3 Å². The Labute approximate surface area is 249 Å². The van der Waals surface area contributed by atoms with E-state index in [1.54, 1.807) is 18.2 Å². The Balaban J connectivity index is 0.00000423. The van der Waals surface area contributed by atoms with Crippen LogP contribution in [0.25, 0.3) is 0 Å². The maximum atomic E-state index is 14.5. The molecule has 43 heavy (non-hydrogen) atoms. The van der Waals surface area contributed by atoms with Gasteiger partial charge in [-0.2, -0.15) is 5.26 Å². The van der Waals surface area contributed by atoms with Crippen molar-refractivity contribution in [2.24, 2.45) is 0 Å². The summed E-state index contributed by atoms with van der Waals surface area (Å²) < 4.78 is 41.7. The van der Waals surface area contributed by atoms with Gasteiger partial charge in [-0.05, 0) is 30.3 Å². The Morgan fingerprint density at radius 3 is 2.56 bits per heavy atom. The Hall–Kier alpha value is -4.54. The first kappa shape index (κ1) is 31.4. The zero-order chi connectivity index (χ0) is 30.2. The number of hydrogen-bond acceptors (Lipinski definition) is 7. The zero-order valence-corrected chi connectivity index (χ0v) is 22.4. The van der Waals surface area contributed by atoms with E-state index >= 15 is 0 Å². The van der Waals surface area contributed by atoms with Crippen molar-refractivity contribution in [2.75, 3.05) is 9.80 Å². The number of aromatic nitrogens is 2. The van der Waals surface area contributed by atoms with Crippen LogP contribution in [0.3, 0.4) is 0 Å². The lowest BCUT2D eigenvalue weighted by Gasteiger charge is -2.39. The minimum atomic E-state index is -2.95. The first-order valence-corrected chi connectivity index (χ1v) is 13.1. The maximum absolute atomic E-state index is 14.5. The van der Waals surface area contributed by atoms with E-state index in [9.17, 15) is 37.9 Å². The third kappa shape index (κ3) is 6.30. The van der Waals surface area contributed by atoms with Crippen LogP contribution >= 0.6 is 11.6 Å². The van der Waals surface area contributed by atoms with Crippen LogP contribution in [0.5, 0.6) is 0 Å². The second kappa shape index (κ2) is 12.4. The maximum Gasteiger partial charge on any atom is 0.259 e. The smallest absolute Gasteiger partial charge is 0.259 e. The molecule has 10 nitrogen and oxygen atoms in total. The van der Waals surface area contributed by atoms with Gasteiger partial charge in [-0.3, -0.25) is 24.2 Å². The number of alkyl halides is 2. The van der Waals surface area contributed by atoms with Crippen LogP contribution in [0.4, 0.5) is 24.8 Å². The average Bonchev–Trinajstić information content (AvgIpc) is 3.24. The number of benzene rings is 2. The van der Waals surface area contributed by atoms with Crippen LogP contribution in [0.1, 0.15) is 44.0 Å². The van der Waals surface area contributed by atoms with E-state index in [2.05, 4.69) is 15.3 Å². The van der Waals surface area contributed by atoms with Crippen LogP contribution in [0.15, 0.2) is 60.8 Å². The van der Waals surface area contributed by atoms with E-state index in [0.717, 1.165) is 21.9 Å². The van der Waals surface area contributed by atoms with Gasteiger partial charge in [0.15, 0.2) is 0 Å². The van der Waals surface area contributed by atoms with Crippen LogP contribution in [0, 0.1) is 17.1 Å². The van der Waals surface area contributed by atoms with E-state index in [4.69, 9.17) is 11.6 Å². The molecule has 0 spiro atoms. The number of hydrogen-bond donors (Lipinski definition) is 2. The third-order valence-electron chi connectivity index (χ3n) is 7.01. The van der Waals surface area contributed by atoms with Gasteiger partial charge >= 0.3 is 0 Å². The number of halogens is 4.